The monoisotopic (exact) mass is 302 g/mol. The van der Waals surface area contributed by atoms with Gasteiger partial charge in [-0.15, -0.1) is 0 Å². The summed E-state index contributed by atoms with van der Waals surface area (Å²) in [4.78, 5) is 8.24. The molecule has 4 nitrogen and oxygen atoms in total. The zero-order chi connectivity index (χ0) is 9.26. The molecule has 0 amide bonds. The molecule has 0 fully saturated rings. The smallest absolute Gasteiger partial charge is 0.169 e. The molecule has 2 rings (SSSR count). The number of nitrogens with zero attached hydrogens (tertiary/aromatic N) is 4. The molecule has 0 radical (unpaired) electrons. The van der Waals surface area contributed by atoms with Crippen molar-refractivity contribution in [2.75, 3.05) is 0 Å². The van der Waals surface area contributed by atoms with Gasteiger partial charge in [0.05, 0.1) is 6.20 Å². The van der Waals surface area contributed by atoms with Crippen LogP contribution in [0, 0.1) is 11.3 Å². The lowest BCUT2D eigenvalue weighted by Gasteiger charge is -1.95. The Morgan fingerprint density at radius 2 is 2.46 bits per heavy atom. The van der Waals surface area contributed by atoms with E-state index in [-0.39, 0.29) is 0 Å². The molecule has 0 saturated carbocycles. The average molecular weight is 302 g/mol. The van der Waals surface area contributed by atoms with Gasteiger partial charge in [0.2, 0.25) is 0 Å². The van der Waals surface area contributed by atoms with Crippen LogP contribution in [0.15, 0.2) is 18.5 Å². The molecule has 0 atom stereocenters. The minimum atomic E-state index is 0.351. The van der Waals surface area contributed by atoms with Crippen molar-refractivity contribution in [3.05, 3.63) is 24.2 Å². The molecular weight excluding hydrogens is 299 g/mol. The summed E-state index contributed by atoms with van der Waals surface area (Å²) in [6.45, 7) is 0. The highest BCUT2D eigenvalue weighted by atomic mass is 127. The molecule has 0 aliphatic rings. The van der Waals surface area contributed by atoms with E-state index in [9.17, 15) is 0 Å². The first-order chi connectivity index (χ1) is 6.35. The Balaban J connectivity index is 2.70. The Morgan fingerprint density at radius 3 is 3.15 bits per heavy atom. The molecule has 2 heterocycles. The maximum atomic E-state index is 8.60. The predicted molar refractivity (Wildman–Crippen MR) is 59.3 cm³/mol. The van der Waals surface area contributed by atoms with E-state index in [0.717, 1.165) is 11.2 Å². The third-order valence-electron chi connectivity index (χ3n) is 1.54. The summed E-state index contributed by atoms with van der Waals surface area (Å²) in [5.41, 5.74) is 1.89. The fourth-order valence-corrected chi connectivity index (χ4v) is 2.26. The normalized spacial score (nSPS) is 10.2. The SMILES string of the molecule is N#Cc1cnc2c(ccn2SI)n1. The zero-order valence-corrected chi connectivity index (χ0v) is 9.28. The third-order valence-corrected chi connectivity index (χ3v) is 3.26. The highest BCUT2D eigenvalue weighted by Gasteiger charge is 2.03. The van der Waals surface area contributed by atoms with Crippen LogP contribution < -0.4 is 0 Å². The minimum Gasteiger partial charge on any atom is -0.265 e. The summed E-state index contributed by atoms with van der Waals surface area (Å²) in [7, 11) is 1.52. The van der Waals surface area contributed by atoms with Crippen molar-refractivity contribution in [2.24, 2.45) is 0 Å². The first-order valence-corrected chi connectivity index (χ1v) is 6.70. The standard InChI is InChI=1S/C7H3IN4S/c8-13-12-2-1-6-7(12)10-4-5(3-9)11-6/h1-2,4H. The number of halogens is 1. The quantitative estimate of drug-likeness (QED) is 0.757. The Hall–Kier alpha value is -0.810. The van der Waals surface area contributed by atoms with Gasteiger partial charge in [-0.1, -0.05) is 0 Å². The number of nitriles is 1. The van der Waals surface area contributed by atoms with Gasteiger partial charge >= 0.3 is 0 Å². The number of hydrogen-bond acceptors (Lipinski definition) is 4. The van der Waals surface area contributed by atoms with Crippen molar-refractivity contribution >= 4 is 41.5 Å². The molecule has 0 bridgehead atoms. The van der Waals surface area contributed by atoms with Gasteiger partial charge in [0.25, 0.3) is 0 Å². The molecular formula is C7H3IN4S. The van der Waals surface area contributed by atoms with E-state index in [1.165, 1.54) is 15.3 Å². The Labute approximate surface area is 90.7 Å². The summed E-state index contributed by atoms with van der Waals surface area (Å²) >= 11 is 2.16. The molecule has 0 aromatic carbocycles. The molecule has 0 unspecified atom stereocenters. The van der Waals surface area contributed by atoms with Gasteiger partial charge < -0.3 is 0 Å². The molecule has 0 N–H and O–H groups in total. The number of hydrogen-bond donors (Lipinski definition) is 0. The Kier molecular flexibility index (Phi) is 2.37. The second-order valence-corrected chi connectivity index (χ2v) is 4.00. The van der Waals surface area contributed by atoms with Crippen LogP contribution in [-0.4, -0.2) is 13.9 Å². The molecule has 2 aromatic rings. The lowest BCUT2D eigenvalue weighted by molar-refractivity contribution is 1.20. The average Bonchev–Trinajstić information content (AvgIpc) is 2.59. The molecule has 0 saturated heterocycles. The number of aromatic nitrogens is 3. The molecule has 0 aliphatic carbocycles. The minimum absolute atomic E-state index is 0.351. The lowest BCUT2D eigenvalue weighted by Crippen LogP contribution is -1.88. The third kappa shape index (κ3) is 1.49. The van der Waals surface area contributed by atoms with Gasteiger partial charge in [-0.3, -0.25) is 3.97 Å². The van der Waals surface area contributed by atoms with E-state index < -0.39 is 0 Å². The Bertz CT molecular complexity index is 487. The highest BCUT2D eigenvalue weighted by Crippen LogP contribution is 2.21. The van der Waals surface area contributed by atoms with Gasteiger partial charge in [0, 0.05) is 36.5 Å². The summed E-state index contributed by atoms with van der Waals surface area (Å²) in [6.07, 6.45) is 3.36. The molecule has 13 heavy (non-hydrogen) atoms. The van der Waals surface area contributed by atoms with E-state index in [1.807, 2.05) is 22.3 Å². The van der Waals surface area contributed by atoms with Crippen LogP contribution in [0.4, 0.5) is 0 Å². The maximum absolute atomic E-state index is 8.60. The molecule has 2 aromatic heterocycles. The van der Waals surface area contributed by atoms with Crippen LogP contribution in [-0.2, 0) is 0 Å². The van der Waals surface area contributed by atoms with Crippen molar-refractivity contribution in [3.63, 3.8) is 0 Å². The van der Waals surface area contributed by atoms with Gasteiger partial charge in [-0.05, 0) is 6.07 Å². The van der Waals surface area contributed by atoms with E-state index in [2.05, 4.69) is 31.2 Å². The van der Waals surface area contributed by atoms with Crippen LogP contribution in [0.5, 0.6) is 0 Å². The summed E-state index contributed by atoms with van der Waals surface area (Å²) in [5, 5.41) is 8.60. The second kappa shape index (κ2) is 3.51. The fraction of sp³-hybridized carbons (Fsp3) is 0. The number of fused-ring (bicyclic) bond motifs is 1. The van der Waals surface area contributed by atoms with Crippen LogP contribution in [0.25, 0.3) is 11.2 Å². The summed E-state index contributed by atoms with van der Waals surface area (Å²) < 4.78 is 1.89. The largest absolute Gasteiger partial charge is 0.265 e. The van der Waals surface area contributed by atoms with Crippen LogP contribution in [0.1, 0.15) is 5.69 Å². The molecule has 6 heteroatoms. The topological polar surface area (TPSA) is 54.5 Å². The second-order valence-electron chi connectivity index (χ2n) is 2.29. The van der Waals surface area contributed by atoms with Crippen molar-refractivity contribution in [1.82, 2.24) is 13.9 Å². The van der Waals surface area contributed by atoms with E-state index in [4.69, 9.17) is 5.26 Å². The van der Waals surface area contributed by atoms with Gasteiger partial charge in [-0.25, -0.2) is 9.97 Å². The van der Waals surface area contributed by atoms with Crippen LogP contribution in [0.2, 0.25) is 0 Å². The summed E-state index contributed by atoms with van der Waals surface area (Å²) in [5.74, 6) is 0. The fourth-order valence-electron chi connectivity index (χ4n) is 0.997. The van der Waals surface area contributed by atoms with Gasteiger partial charge in [-0.2, -0.15) is 5.26 Å². The highest BCUT2D eigenvalue weighted by molar-refractivity contribution is 14.2. The van der Waals surface area contributed by atoms with Gasteiger partial charge in [0.1, 0.15) is 11.6 Å². The maximum Gasteiger partial charge on any atom is 0.169 e. The van der Waals surface area contributed by atoms with E-state index in [0.29, 0.717) is 5.69 Å². The molecule has 0 aliphatic heterocycles. The van der Waals surface area contributed by atoms with Crippen molar-refractivity contribution < 1.29 is 0 Å². The zero-order valence-electron chi connectivity index (χ0n) is 6.31. The van der Waals surface area contributed by atoms with E-state index >= 15 is 0 Å². The Morgan fingerprint density at radius 1 is 1.62 bits per heavy atom. The van der Waals surface area contributed by atoms with Crippen molar-refractivity contribution in [2.45, 2.75) is 0 Å². The summed E-state index contributed by atoms with van der Waals surface area (Å²) in [6, 6.07) is 3.80. The predicted octanol–water partition coefficient (Wildman–Crippen LogP) is 2.15. The van der Waals surface area contributed by atoms with Crippen molar-refractivity contribution in [3.8, 4) is 6.07 Å². The lowest BCUT2D eigenvalue weighted by atomic mass is 10.4. The first kappa shape index (κ1) is 8.77. The van der Waals surface area contributed by atoms with E-state index in [1.54, 1.807) is 0 Å². The molecule has 64 valence electrons. The van der Waals surface area contributed by atoms with Crippen LogP contribution >= 0.6 is 30.3 Å². The first-order valence-electron chi connectivity index (χ1n) is 3.38. The van der Waals surface area contributed by atoms with Crippen LogP contribution in [0.3, 0.4) is 0 Å². The van der Waals surface area contributed by atoms with Crippen molar-refractivity contribution in [1.29, 1.82) is 5.26 Å². The van der Waals surface area contributed by atoms with Gasteiger partial charge in [0.15, 0.2) is 11.3 Å². The number of rotatable bonds is 1. The molecule has 0 spiro atoms.